The van der Waals surface area contributed by atoms with Crippen LogP contribution >= 0.6 is 0 Å². The largest absolute Gasteiger partial charge is 0.494 e. The van der Waals surface area contributed by atoms with Crippen LogP contribution in [0.25, 0.3) is 10.9 Å². The zero-order valence-electron chi connectivity index (χ0n) is 13.1. The molecule has 2 aromatic heterocycles. The number of nitrogens with zero attached hydrogens (tertiary/aromatic N) is 1. The van der Waals surface area contributed by atoms with Gasteiger partial charge in [0, 0.05) is 34.7 Å². The van der Waals surface area contributed by atoms with Crippen molar-refractivity contribution in [2.75, 3.05) is 6.61 Å². The molecule has 0 bridgehead atoms. The summed E-state index contributed by atoms with van der Waals surface area (Å²) in [6.45, 7) is 0.575. The van der Waals surface area contributed by atoms with E-state index in [9.17, 15) is 9.00 Å². The molecule has 0 aliphatic carbocycles. The fourth-order valence-electron chi connectivity index (χ4n) is 1.94. The lowest BCUT2D eigenvalue weighted by Crippen LogP contribution is -2.02. The summed E-state index contributed by atoms with van der Waals surface area (Å²) in [7, 11) is 0. The lowest BCUT2D eigenvalue weighted by atomic mass is 10.2. The summed E-state index contributed by atoms with van der Waals surface area (Å²) in [5.74, 6) is 0.768. The summed E-state index contributed by atoms with van der Waals surface area (Å²) in [5, 5.41) is 2.56. The lowest BCUT2D eigenvalue weighted by Gasteiger charge is -2.06. The highest BCUT2D eigenvalue weighted by molar-refractivity contribution is 7.64. The molecule has 5 nitrogen and oxygen atoms in total. The van der Waals surface area contributed by atoms with Gasteiger partial charge in [0.25, 0.3) is 0 Å². The Morgan fingerprint density at radius 2 is 1.96 bits per heavy atom. The van der Waals surface area contributed by atoms with Gasteiger partial charge in [0.2, 0.25) is 5.56 Å². The quantitative estimate of drug-likeness (QED) is 0.572. The van der Waals surface area contributed by atoms with Crippen LogP contribution in [-0.2, 0) is 11.3 Å². The average Bonchev–Trinajstić information content (AvgIpc) is 2.63. The van der Waals surface area contributed by atoms with E-state index in [1.807, 2.05) is 36.4 Å². The molecule has 3 aromatic rings. The van der Waals surface area contributed by atoms with Crippen LogP contribution in [0.5, 0.6) is 5.75 Å². The number of H-pyrrole nitrogens is 1. The van der Waals surface area contributed by atoms with E-state index in [1.165, 1.54) is 6.07 Å². The second kappa shape index (κ2) is 10.1. The van der Waals surface area contributed by atoms with Crippen LogP contribution in [-0.4, -0.2) is 26.2 Å². The Kier molecular flexibility index (Phi) is 7.43. The Balaban J connectivity index is 0.000000292. The van der Waals surface area contributed by atoms with Crippen molar-refractivity contribution in [2.24, 2.45) is 0 Å². The minimum Gasteiger partial charge on any atom is -0.494 e. The first-order valence-corrected chi connectivity index (χ1v) is 8.31. The van der Waals surface area contributed by atoms with Gasteiger partial charge in [-0.15, -0.1) is 0 Å². The van der Waals surface area contributed by atoms with Gasteiger partial charge in [-0.3, -0.25) is 9.78 Å². The smallest absolute Gasteiger partial charge is 0.248 e. The van der Waals surface area contributed by atoms with Gasteiger partial charge in [0.05, 0.1) is 17.9 Å². The van der Waals surface area contributed by atoms with Crippen molar-refractivity contribution in [3.63, 3.8) is 0 Å². The molecular formula is C18H18N2O3S. The van der Waals surface area contributed by atoms with Crippen molar-refractivity contribution in [3.05, 3.63) is 71.3 Å². The molecule has 0 fully saturated rings. The third kappa shape index (κ3) is 6.18. The van der Waals surface area contributed by atoms with E-state index in [4.69, 9.17) is 4.74 Å². The van der Waals surface area contributed by atoms with Gasteiger partial charge in [-0.1, -0.05) is 6.07 Å². The van der Waals surface area contributed by atoms with Crippen molar-refractivity contribution >= 4 is 27.5 Å². The van der Waals surface area contributed by atoms with Gasteiger partial charge < -0.3 is 9.72 Å². The van der Waals surface area contributed by atoms with Crippen molar-refractivity contribution in [1.82, 2.24) is 9.97 Å². The molecule has 0 spiro atoms. The maximum Gasteiger partial charge on any atom is 0.248 e. The number of aromatic amines is 1. The number of nitrogens with one attached hydrogen (secondary N) is 1. The van der Waals surface area contributed by atoms with Gasteiger partial charge >= 0.3 is 0 Å². The van der Waals surface area contributed by atoms with Gasteiger partial charge in [-0.25, -0.2) is 4.21 Å². The molecule has 1 aromatic carbocycles. The average molecular weight is 342 g/mol. The predicted molar refractivity (Wildman–Crippen MR) is 97.7 cm³/mol. The molecule has 0 saturated carbocycles. The molecule has 3 rings (SSSR count). The molecule has 2 heterocycles. The van der Waals surface area contributed by atoms with Crippen molar-refractivity contribution < 1.29 is 8.95 Å². The minimum absolute atomic E-state index is 0.109. The molecule has 6 heteroatoms. The van der Waals surface area contributed by atoms with E-state index in [0.717, 1.165) is 29.5 Å². The van der Waals surface area contributed by atoms with Crippen LogP contribution in [0, 0.1) is 0 Å². The van der Waals surface area contributed by atoms with E-state index >= 15 is 0 Å². The molecule has 0 amide bonds. The van der Waals surface area contributed by atoms with Crippen LogP contribution in [0.3, 0.4) is 0 Å². The Labute approximate surface area is 143 Å². The standard InChI is InChI=1S/C13H13NO3S.C5H5N/c15-13-6-3-10-9-11(4-5-12(10)14-13)17-7-1-2-8-18-16;1-2-4-6-5-3-1/h3-6,8-9H,1-2,7H2,(H,14,15);1-5H. The first-order chi connectivity index (χ1) is 11.8. The number of hydrogen-bond acceptors (Lipinski definition) is 4. The molecule has 124 valence electrons. The van der Waals surface area contributed by atoms with Crippen LogP contribution in [0.2, 0.25) is 0 Å². The molecule has 0 aliphatic heterocycles. The highest BCUT2D eigenvalue weighted by Gasteiger charge is 1.98. The molecule has 0 radical (unpaired) electrons. The number of ether oxygens (including phenoxy) is 1. The lowest BCUT2D eigenvalue weighted by molar-refractivity contribution is 0.314. The minimum atomic E-state index is -0.109. The normalized spacial score (nSPS) is 9.67. The summed E-state index contributed by atoms with van der Waals surface area (Å²) >= 11 is 0.487. The monoisotopic (exact) mass is 342 g/mol. The van der Waals surface area contributed by atoms with Crippen LogP contribution in [0.1, 0.15) is 12.8 Å². The third-order valence-corrected chi connectivity index (χ3v) is 3.44. The van der Waals surface area contributed by atoms with Crippen LogP contribution in [0.4, 0.5) is 0 Å². The Bertz CT molecular complexity index is 832. The highest BCUT2D eigenvalue weighted by Crippen LogP contribution is 2.18. The summed E-state index contributed by atoms with van der Waals surface area (Å²) in [6, 6.07) is 14.5. The van der Waals surface area contributed by atoms with E-state index in [0.29, 0.717) is 17.9 Å². The van der Waals surface area contributed by atoms with E-state index in [1.54, 1.807) is 23.8 Å². The number of hydrogen-bond donors (Lipinski definition) is 1. The third-order valence-electron chi connectivity index (χ3n) is 3.06. The Morgan fingerprint density at radius 3 is 2.62 bits per heavy atom. The zero-order chi connectivity index (χ0) is 17.0. The van der Waals surface area contributed by atoms with E-state index in [-0.39, 0.29) is 5.56 Å². The van der Waals surface area contributed by atoms with Crippen LogP contribution in [0.15, 0.2) is 65.7 Å². The van der Waals surface area contributed by atoms with Crippen molar-refractivity contribution in [1.29, 1.82) is 0 Å². The fourth-order valence-corrected chi connectivity index (χ4v) is 2.20. The molecule has 0 unspecified atom stereocenters. The molecule has 1 N–H and O–H groups in total. The summed E-state index contributed by atoms with van der Waals surface area (Å²) in [5.41, 5.74) is 0.688. The summed E-state index contributed by atoms with van der Waals surface area (Å²) < 4.78 is 15.7. The molecular weight excluding hydrogens is 324 g/mol. The molecule has 0 atom stereocenters. The number of unbranched alkanes of at least 4 members (excludes halogenated alkanes) is 1. The Morgan fingerprint density at radius 1 is 1.12 bits per heavy atom. The van der Waals surface area contributed by atoms with Crippen molar-refractivity contribution in [3.8, 4) is 5.75 Å². The molecule has 0 saturated heterocycles. The second-order valence-electron chi connectivity index (χ2n) is 4.85. The summed E-state index contributed by atoms with van der Waals surface area (Å²) in [6.07, 6.45) is 5.06. The van der Waals surface area contributed by atoms with Crippen LogP contribution < -0.4 is 10.3 Å². The first-order valence-electron chi connectivity index (χ1n) is 7.51. The van der Waals surface area contributed by atoms with Crippen molar-refractivity contribution in [2.45, 2.75) is 12.8 Å². The molecule has 0 aliphatic rings. The maximum absolute atomic E-state index is 11.1. The zero-order valence-corrected chi connectivity index (χ0v) is 13.9. The summed E-state index contributed by atoms with van der Waals surface area (Å²) in [4.78, 5) is 17.7. The molecule has 24 heavy (non-hydrogen) atoms. The maximum atomic E-state index is 11.1. The number of pyridine rings is 2. The van der Waals surface area contributed by atoms with Gasteiger partial charge in [-0.05, 0) is 49.2 Å². The Hall–Kier alpha value is -2.73. The van der Waals surface area contributed by atoms with Gasteiger partial charge in [0.1, 0.15) is 5.75 Å². The fraction of sp³-hybridized carbons (Fsp3) is 0.167. The topological polar surface area (TPSA) is 72.1 Å². The number of benzene rings is 1. The van der Waals surface area contributed by atoms with E-state index in [2.05, 4.69) is 9.97 Å². The SMILES string of the molecule is O=S=CCCCOc1ccc2[nH]c(=O)ccc2c1.c1ccncc1. The van der Waals surface area contributed by atoms with E-state index < -0.39 is 0 Å². The first kappa shape index (κ1) is 17.6. The predicted octanol–water partition coefficient (Wildman–Crippen LogP) is 2.78. The second-order valence-corrected chi connectivity index (χ2v) is 5.38. The van der Waals surface area contributed by atoms with Gasteiger partial charge in [0.15, 0.2) is 0 Å². The number of aromatic nitrogens is 2. The van der Waals surface area contributed by atoms with Gasteiger partial charge in [-0.2, -0.15) is 0 Å². The number of fused-ring (bicyclic) bond motifs is 1. The number of rotatable bonds is 5. The highest BCUT2D eigenvalue weighted by atomic mass is 32.1.